The Morgan fingerprint density at radius 3 is 2.73 bits per heavy atom. The summed E-state index contributed by atoms with van der Waals surface area (Å²) < 4.78 is 20.3. The quantitative estimate of drug-likeness (QED) is 0.149. The number of amides is 1. The van der Waals surface area contributed by atoms with Crippen LogP contribution in [0.2, 0.25) is 10.3 Å². The van der Waals surface area contributed by atoms with E-state index < -0.39 is 23.7 Å². The van der Waals surface area contributed by atoms with E-state index in [2.05, 4.69) is 46.8 Å². The van der Waals surface area contributed by atoms with Gasteiger partial charge in [0.05, 0.1) is 11.6 Å². The largest absolute Gasteiger partial charge is 0.469 e. The molecule has 6 aromatic rings. The molecule has 1 amide bonds. The smallest absolute Gasteiger partial charge is 0.250 e. The van der Waals surface area contributed by atoms with E-state index in [9.17, 15) is 4.79 Å². The maximum absolute atomic E-state index is 13.5. The number of nitrogens with one attached hydrogen (secondary N) is 3. The van der Waals surface area contributed by atoms with Gasteiger partial charge in [-0.25, -0.2) is 4.98 Å². The molecule has 0 aliphatic carbocycles. The molecule has 12 heteroatoms. The van der Waals surface area contributed by atoms with E-state index in [0.717, 1.165) is 50.8 Å². The van der Waals surface area contributed by atoms with Crippen LogP contribution in [0.15, 0.2) is 63.4 Å². The second-order valence-electron chi connectivity index (χ2n) is 13.1. The van der Waals surface area contributed by atoms with E-state index in [1.54, 1.807) is 0 Å². The number of benzene rings is 3. The molecule has 240 valence electrons. The van der Waals surface area contributed by atoms with Gasteiger partial charge < -0.3 is 34.9 Å². The molecule has 1 spiro atoms. The molecule has 0 saturated heterocycles. The molecule has 4 aliphatic rings. The lowest BCUT2D eigenvalue weighted by Gasteiger charge is -2.28. The molecule has 5 N–H and O–H groups in total. The number of ether oxygens (including phenoxy) is 1. The first-order valence-electron chi connectivity index (χ1n) is 16.0. The Hall–Kier alpha value is -4.77. The third-order valence-electron chi connectivity index (χ3n) is 10.5. The standard InChI is InChI=1S/C36H28Cl2N6O4/c1-3-14(2)25-33-42-27-29(48-33)36-18-8-4-7-17(16-6-5-9-21-23(16)24(30(37)40-21)28-31(38)44-34(27)47-28)26(18)43-35(36)46-22-11-10-15(12-19(22)36)13-20(39)32(45)41-25/h4-12,14,20,25,35,40,43H,3,13,39H2,1-2H3,(H,41,45). The van der Waals surface area contributed by atoms with Gasteiger partial charge in [-0.1, -0.05) is 85.9 Å². The first kappa shape index (κ1) is 28.3. The molecule has 48 heavy (non-hydrogen) atoms. The maximum Gasteiger partial charge on any atom is 0.250 e. The van der Waals surface area contributed by atoms with Crippen molar-refractivity contribution < 1.29 is 18.4 Å². The van der Waals surface area contributed by atoms with E-state index >= 15 is 0 Å². The van der Waals surface area contributed by atoms with Crippen molar-refractivity contribution in [1.29, 1.82) is 0 Å². The van der Waals surface area contributed by atoms with E-state index in [1.807, 2.05) is 37.3 Å². The summed E-state index contributed by atoms with van der Waals surface area (Å²) in [6.45, 7) is 4.10. The van der Waals surface area contributed by atoms with Gasteiger partial charge >= 0.3 is 0 Å². The number of halogens is 2. The molecular formula is C36H28Cl2N6O4. The first-order valence-corrected chi connectivity index (χ1v) is 16.8. The van der Waals surface area contributed by atoms with Gasteiger partial charge in [0, 0.05) is 33.3 Å². The van der Waals surface area contributed by atoms with Crippen LogP contribution in [0.3, 0.4) is 0 Å². The van der Waals surface area contributed by atoms with Gasteiger partial charge in [0.25, 0.3) is 5.89 Å². The Balaban J connectivity index is 1.40. The molecule has 0 fully saturated rings. The van der Waals surface area contributed by atoms with Crippen LogP contribution in [0.1, 0.15) is 54.7 Å². The van der Waals surface area contributed by atoms with E-state index in [0.29, 0.717) is 46.0 Å². The third kappa shape index (κ3) is 3.49. The van der Waals surface area contributed by atoms with Crippen LogP contribution in [0.4, 0.5) is 5.69 Å². The van der Waals surface area contributed by atoms with Crippen LogP contribution in [0.25, 0.3) is 44.9 Å². The number of aromatic amines is 1. The second kappa shape index (κ2) is 9.65. The summed E-state index contributed by atoms with van der Waals surface area (Å²) in [5, 5.41) is 8.25. The Labute approximate surface area is 284 Å². The number of nitrogens with two attached hydrogens (primary N) is 1. The number of rotatable bonds is 2. The molecule has 10 bridgehead atoms. The van der Waals surface area contributed by atoms with Gasteiger partial charge in [-0.3, -0.25) is 4.79 Å². The van der Waals surface area contributed by atoms with E-state index in [-0.39, 0.29) is 22.9 Å². The predicted octanol–water partition coefficient (Wildman–Crippen LogP) is 7.33. The third-order valence-corrected chi connectivity index (χ3v) is 11.1. The number of anilines is 1. The zero-order chi connectivity index (χ0) is 32.6. The number of hydrogen-bond acceptors (Lipinski definition) is 8. The van der Waals surface area contributed by atoms with Crippen molar-refractivity contribution in [3.8, 4) is 39.8 Å². The number of oxazole rings is 2. The number of fused-ring (bicyclic) bond motifs is 7. The first-order chi connectivity index (χ1) is 23.3. The number of hydrogen-bond donors (Lipinski definition) is 4. The number of H-pyrrole nitrogens is 1. The van der Waals surface area contributed by atoms with Crippen LogP contribution in [-0.4, -0.2) is 33.1 Å². The fourth-order valence-corrected chi connectivity index (χ4v) is 8.53. The molecule has 7 heterocycles. The Morgan fingerprint density at radius 2 is 1.88 bits per heavy atom. The number of nitrogens with zero attached hydrogens (tertiary/aromatic N) is 2. The van der Waals surface area contributed by atoms with Gasteiger partial charge in [-0.05, 0) is 35.6 Å². The zero-order valence-electron chi connectivity index (χ0n) is 25.8. The highest BCUT2D eigenvalue weighted by Crippen LogP contribution is 2.62. The molecule has 0 radical (unpaired) electrons. The summed E-state index contributed by atoms with van der Waals surface area (Å²) >= 11 is 13.8. The highest BCUT2D eigenvalue weighted by atomic mass is 35.5. The van der Waals surface area contributed by atoms with Crippen LogP contribution in [0, 0.1) is 5.92 Å². The normalized spacial score (nSPS) is 23.4. The maximum atomic E-state index is 13.5. The second-order valence-corrected chi connectivity index (χ2v) is 13.8. The van der Waals surface area contributed by atoms with Gasteiger partial charge in [0.2, 0.25) is 11.8 Å². The summed E-state index contributed by atoms with van der Waals surface area (Å²) in [7, 11) is 0. The van der Waals surface area contributed by atoms with Crippen molar-refractivity contribution in [2.24, 2.45) is 11.7 Å². The summed E-state index contributed by atoms with van der Waals surface area (Å²) in [5.74, 6) is 1.60. The molecule has 0 saturated carbocycles. The highest BCUT2D eigenvalue weighted by Gasteiger charge is 2.61. The summed E-state index contributed by atoms with van der Waals surface area (Å²) in [6, 6.07) is 16.8. The number of carbonyl (C=O) groups excluding carboxylic acids is 1. The Morgan fingerprint density at radius 1 is 1.04 bits per heavy atom. The predicted molar refractivity (Wildman–Crippen MR) is 181 cm³/mol. The lowest BCUT2D eigenvalue weighted by molar-refractivity contribution is -0.123. The highest BCUT2D eigenvalue weighted by molar-refractivity contribution is 6.37. The van der Waals surface area contributed by atoms with Crippen molar-refractivity contribution in [3.63, 3.8) is 0 Å². The Kier molecular flexibility index (Phi) is 5.68. The van der Waals surface area contributed by atoms with Crippen LogP contribution < -0.4 is 21.1 Å². The minimum Gasteiger partial charge on any atom is -0.469 e. The fraction of sp³-hybridized carbons (Fsp3) is 0.250. The Bertz CT molecular complexity index is 2380. The SMILES string of the molecule is CCC(C)C1NC(=O)C(N)Cc2ccc3c(c2)C24c5cccc(c5NC2O3)-c2cccc3[nH]c(Cl)c(c23)-c2oc(nc2Cl)-c2nc1oc24. The molecule has 10 nitrogen and oxygen atoms in total. The molecule has 3 aromatic heterocycles. The molecule has 5 unspecified atom stereocenters. The van der Waals surface area contributed by atoms with Crippen LogP contribution in [-0.2, 0) is 16.6 Å². The van der Waals surface area contributed by atoms with E-state index in [4.69, 9.17) is 52.5 Å². The van der Waals surface area contributed by atoms with Crippen molar-refractivity contribution in [1.82, 2.24) is 20.3 Å². The molecule has 5 atom stereocenters. The van der Waals surface area contributed by atoms with Crippen LogP contribution >= 0.6 is 23.2 Å². The van der Waals surface area contributed by atoms with Crippen LogP contribution in [0.5, 0.6) is 5.75 Å². The average molecular weight is 680 g/mol. The monoisotopic (exact) mass is 678 g/mol. The number of aromatic nitrogens is 3. The minimum atomic E-state index is -1.03. The molecule has 10 rings (SSSR count). The summed E-state index contributed by atoms with van der Waals surface area (Å²) in [4.78, 5) is 26.7. The topological polar surface area (TPSA) is 144 Å². The fourth-order valence-electron chi connectivity index (χ4n) is 8.03. The summed E-state index contributed by atoms with van der Waals surface area (Å²) in [6.07, 6.45) is 0.464. The number of carbonyl (C=O) groups is 1. The molecular weight excluding hydrogens is 651 g/mol. The van der Waals surface area contributed by atoms with Crippen molar-refractivity contribution >= 4 is 45.7 Å². The zero-order valence-corrected chi connectivity index (χ0v) is 27.3. The van der Waals surface area contributed by atoms with Gasteiger partial charge in [-0.15, -0.1) is 0 Å². The van der Waals surface area contributed by atoms with Gasteiger partial charge in [0.1, 0.15) is 22.4 Å². The van der Waals surface area contributed by atoms with Crippen molar-refractivity contribution in [2.75, 3.05) is 5.32 Å². The van der Waals surface area contributed by atoms with Crippen molar-refractivity contribution in [3.05, 3.63) is 93.2 Å². The van der Waals surface area contributed by atoms with Crippen molar-refractivity contribution in [2.45, 2.75) is 50.4 Å². The minimum absolute atomic E-state index is 0.0437. The van der Waals surface area contributed by atoms with Gasteiger partial charge in [-0.2, -0.15) is 4.98 Å². The van der Waals surface area contributed by atoms with Gasteiger partial charge in [0.15, 0.2) is 28.6 Å². The summed E-state index contributed by atoms with van der Waals surface area (Å²) in [5.41, 5.74) is 12.7. The molecule has 4 aliphatic heterocycles. The lowest BCUT2D eigenvalue weighted by atomic mass is 9.72. The molecule has 3 aromatic carbocycles. The van der Waals surface area contributed by atoms with E-state index in [1.165, 1.54) is 0 Å². The number of para-hydroxylation sites is 1. The lowest BCUT2D eigenvalue weighted by Crippen LogP contribution is -2.45. The average Bonchev–Trinajstić information content (AvgIpc) is 3.88.